The summed E-state index contributed by atoms with van der Waals surface area (Å²) in [7, 11) is 1.60. The lowest BCUT2D eigenvalue weighted by molar-refractivity contribution is -0.122. The highest BCUT2D eigenvalue weighted by Crippen LogP contribution is 2.18. The van der Waals surface area contributed by atoms with Crippen LogP contribution in [0.2, 0.25) is 0 Å². The molecule has 7 nitrogen and oxygen atoms in total. The van der Waals surface area contributed by atoms with Gasteiger partial charge in [0.05, 0.1) is 12.6 Å². The third-order valence-corrected chi connectivity index (χ3v) is 5.50. The smallest absolute Gasteiger partial charge is 0.222 e. The average molecular weight is 400 g/mol. The molecule has 158 valence electrons. The van der Waals surface area contributed by atoms with E-state index in [2.05, 4.69) is 63.1 Å². The van der Waals surface area contributed by atoms with Gasteiger partial charge in [0.15, 0.2) is 5.82 Å². The number of ether oxygens (including phenoxy) is 1. The Balaban J connectivity index is 1.59. The van der Waals surface area contributed by atoms with Gasteiger partial charge in [-0.1, -0.05) is 38.1 Å². The first-order valence-electron chi connectivity index (χ1n) is 10.5. The molecule has 1 aliphatic heterocycles. The summed E-state index contributed by atoms with van der Waals surface area (Å²) in [4.78, 5) is 14.5. The van der Waals surface area contributed by atoms with E-state index in [4.69, 9.17) is 4.74 Å². The largest absolute Gasteiger partial charge is 0.384 e. The van der Waals surface area contributed by atoms with Crippen molar-refractivity contribution in [1.29, 1.82) is 0 Å². The summed E-state index contributed by atoms with van der Waals surface area (Å²) in [6.45, 7) is 10.5. The van der Waals surface area contributed by atoms with E-state index >= 15 is 0 Å². The van der Waals surface area contributed by atoms with Gasteiger partial charge in [-0.05, 0) is 24.0 Å². The van der Waals surface area contributed by atoms with E-state index in [-0.39, 0.29) is 11.9 Å². The van der Waals surface area contributed by atoms with Gasteiger partial charge in [-0.15, -0.1) is 10.2 Å². The van der Waals surface area contributed by atoms with Gasteiger partial charge in [-0.2, -0.15) is 0 Å². The Morgan fingerprint density at radius 3 is 2.59 bits per heavy atom. The monoisotopic (exact) mass is 399 g/mol. The molecular weight excluding hydrogens is 366 g/mol. The lowest BCUT2D eigenvalue weighted by Crippen LogP contribution is -2.30. The van der Waals surface area contributed by atoms with E-state index in [1.165, 1.54) is 11.1 Å². The molecule has 1 aliphatic rings. The third kappa shape index (κ3) is 5.64. The molecule has 0 fully saturated rings. The number of nitrogens with one attached hydrogen (secondary N) is 1. The maximum Gasteiger partial charge on any atom is 0.222 e. The Morgan fingerprint density at radius 2 is 1.90 bits per heavy atom. The Labute approximate surface area is 173 Å². The fourth-order valence-corrected chi connectivity index (χ4v) is 3.71. The number of nitrogens with zero attached hydrogens (tertiary/aromatic N) is 4. The standard InChI is InChI=1S/C22H33N5O2/c1-16(2)19-7-5-18(6-8-19)15-26-11-9-20-24-25-22(27(20)13-12-26)17(3)23-21(28)10-14-29-4/h5-8,16-17H,9-15H2,1-4H3,(H,23,28)/t17-/m1/s1. The van der Waals surface area contributed by atoms with Crippen LogP contribution in [0, 0.1) is 0 Å². The van der Waals surface area contributed by atoms with Crippen LogP contribution in [0.15, 0.2) is 24.3 Å². The number of amides is 1. The average Bonchev–Trinajstić information content (AvgIpc) is 3.01. The van der Waals surface area contributed by atoms with Crippen LogP contribution in [0.4, 0.5) is 0 Å². The maximum atomic E-state index is 12.0. The van der Waals surface area contributed by atoms with E-state index in [0.717, 1.165) is 44.2 Å². The fourth-order valence-electron chi connectivity index (χ4n) is 3.71. The van der Waals surface area contributed by atoms with Crippen LogP contribution in [0.1, 0.15) is 61.9 Å². The molecule has 0 saturated heterocycles. The van der Waals surface area contributed by atoms with Gasteiger partial charge in [-0.25, -0.2) is 0 Å². The molecular formula is C22H33N5O2. The first kappa shape index (κ1) is 21.5. The molecule has 0 radical (unpaired) electrons. The van der Waals surface area contributed by atoms with Crippen LogP contribution < -0.4 is 5.32 Å². The van der Waals surface area contributed by atoms with Crippen LogP contribution in [0.5, 0.6) is 0 Å². The van der Waals surface area contributed by atoms with Crippen molar-refractivity contribution in [2.45, 2.75) is 58.7 Å². The summed E-state index contributed by atoms with van der Waals surface area (Å²) in [6, 6.07) is 8.78. The van der Waals surface area contributed by atoms with Gasteiger partial charge < -0.3 is 14.6 Å². The number of rotatable bonds is 8. The first-order chi connectivity index (χ1) is 14.0. The molecule has 1 atom stereocenters. The van der Waals surface area contributed by atoms with E-state index in [9.17, 15) is 4.79 Å². The van der Waals surface area contributed by atoms with Crippen molar-refractivity contribution >= 4 is 5.91 Å². The molecule has 0 aliphatic carbocycles. The number of hydrogen-bond acceptors (Lipinski definition) is 5. The third-order valence-electron chi connectivity index (χ3n) is 5.50. The van der Waals surface area contributed by atoms with E-state index in [0.29, 0.717) is 18.9 Å². The molecule has 2 heterocycles. The minimum absolute atomic E-state index is 0.0307. The summed E-state index contributed by atoms with van der Waals surface area (Å²) < 4.78 is 7.14. The molecule has 0 saturated carbocycles. The van der Waals surface area contributed by atoms with Crippen molar-refractivity contribution in [3.05, 3.63) is 47.0 Å². The summed E-state index contributed by atoms with van der Waals surface area (Å²) >= 11 is 0. The molecule has 1 amide bonds. The lowest BCUT2D eigenvalue weighted by atomic mass is 10.0. The van der Waals surface area contributed by atoms with Crippen molar-refractivity contribution in [3.63, 3.8) is 0 Å². The number of aromatic nitrogens is 3. The Hall–Kier alpha value is -2.25. The summed E-state index contributed by atoms with van der Waals surface area (Å²) in [5.74, 6) is 2.35. The van der Waals surface area contributed by atoms with Crippen molar-refractivity contribution in [1.82, 2.24) is 25.0 Å². The number of benzene rings is 1. The number of methoxy groups -OCH3 is 1. The molecule has 2 aromatic rings. The van der Waals surface area contributed by atoms with Gasteiger partial charge in [0.1, 0.15) is 5.82 Å². The minimum atomic E-state index is -0.171. The zero-order valence-corrected chi connectivity index (χ0v) is 18.0. The molecule has 3 rings (SSSR count). The highest BCUT2D eigenvalue weighted by molar-refractivity contribution is 5.76. The second-order valence-corrected chi connectivity index (χ2v) is 8.08. The summed E-state index contributed by atoms with van der Waals surface area (Å²) in [5.41, 5.74) is 2.72. The maximum absolute atomic E-state index is 12.0. The number of carbonyl (C=O) groups excluding carboxylic acids is 1. The second-order valence-electron chi connectivity index (χ2n) is 8.08. The first-order valence-corrected chi connectivity index (χ1v) is 10.5. The predicted molar refractivity (Wildman–Crippen MR) is 113 cm³/mol. The number of carbonyl (C=O) groups is 1. The van der Waals surface area contributed by atoms with Crippen LogP contribution in [0.3, 0.4) is 0 Å². The normalized spacial score (nSPS) is 15.8. The predicted octanol–water partition coefficient (Wildman–Crippen LogP) is 2.67. The lowest BCUT2D eigenvalue weighted by Gasteiger charge is -2.20. The van der Waals surface area contributed by atoms with E-state index in [1.807, 2.05) is 6.92 Å². The van der Waals surface area contributed by atoms with Crippen LogP contribution >= 0.6 is 0 Å². The Kier molecular flexibility index (Phi) is 7.39. The summed E-state index contributed by atoms with van der Waals surface area (Å²) in [6.07, 6.45) is 1.21. The van der Waals surface area contributed by atoms with Crippen molar-refractivity contribution < 1.29 is 9.53 Å². The van der Waals surface area contributed by atoms with Crippen LogP contribution in [0.25, 0.3) is 0 Å². The van der Waals surface area contributed by atoms with Gasteiger partial charge >= 0.3 is 0 Å². The number of fused-ring (bicyclic) bond motifs is 1. The minimum Gasteiger partial charge on any atom is -0.384 e. The van der Waals surface area contributed by atoms with Crippen molar-refractivity contribution in [3.8, 4) is 0 Å². The Bertz CT molecular complexity index is 800. The molecule has 1 N–H and O–H groups in total. The van der Waals surface area contributed by atoms with E-state index in [1.54, 1.807) is 7.11 Å². The SMILES string of the molecule is COCCC(=O)N[C@H](C)c1nnc2n1CCN(Cc1ccc(C(C)C)cc1)CC2. The fraction of sp³-hybridized carbons (Fsp3) is 0.591. The van der Waals surface area contributed by atoms with Gasteiger partial charge in [-0.3, -0.25) is 9.69 Å². The van der Waals surface area contributed by atoms with Gasteiger partial charge in [0, 0.05) is 46.1 Å². The highest BCUT2D eigenvalue weighted by Gasteiger charge is 2.22. The van der Waals surface area contributed by atoms with E-state index < -0.39 is 0 Å². The Morgan fingerprint density at radius 1 is 1.14 bits per heavy atom. The zero-order valence-electron chi connectivity index (χ0n) is 18.0. The quantitative estimate of drug-likeness (QED) is 0.739. The summed E-state index contributed by atoms with van der Waals surface area (Å²) in [5, 5.41) is 11.7. The highest BCUT2D eigenvalue weighted by atomic mass is 16.5. The topological polar surface area (TPSA) is 72.3 Å². The number of hydrogen-bond donors (Lipinski definition) is 1. The van der Waals surface area contributed by atoms with Crippen LogP contribution in [-0.4, -0.2) is 52.4 Å². The molecule has 1 aromatic carbocycles. The second kappa shape index (κ2) is 9.98. The molecule has 29 heavy (non-hydrogen) atoms. The molecule has 1 aromatic heterocycles. The van der Waals surface area contributed by atoms with Crippen molar-refractivity contribution in [2.75, 3.05) is 26.8 Å². The van der Waals surface area contributed by atoms with Crippen molar-refractivity contribution in [2.24, 2.45) is 0 Å². The molecule has 0 spiro atoms. The van der Waals surface area contributed by atoms with Crippen LogP contribution in [-0.2, 0) is 29.0 Å². The molecule has 0 unspecified atom stereocenters. The van der Waals surface area contributed by atoms with Gasteiger partial charge in [0.2, 0.25) is 5.91 Å². The molecule has 7 heteroatoms. The zero-order chi connectivity index (χ0) is 20.8. The molecule has 0 bridgehead atoms. The van der Waals surface area contributed by atoms with Gasteiger partial charge in [0.25, 0.3) is 0 Å².